The predicted molar refractivity (Wildman–Crippen MR) is 87.8 cm³/mol. The second kappa shape index (κ2) is 7.10. The fourth-order valence-electron chi connectivity index (χ4n) is 2.67. The van der Waals surface area contributed by atoms with Gasteiger partial charge in [-0.05, 0) is 37.7 Å². The first kappa shape index (κ1) is 17.4. The molecule has 1 aromatic carbocycles. The van der Waals surface area contributed by atoms with E-state index in [1.54, 1.807) is 0 Å². The summed E-state index contributed by atoms with van der Waals surface area (Å²) >= 11 is 0. The topological polar surface area (TPSA) is 80.3 Å². The van der Waals surface area contributed by atoms with Crippen molar-refractivity contribution < 1.29 is 16.8 Å². The van der Waals surface area contributed by atoms with Crippen LogP contribution in [-0.2, 0) is 25.6 Å². The van der Waals surface area contributed by atoms with Crippen LogP contribution in [0.3, 0.4) is 0 Å². The molecule has 0 aliphatic carbocycles. The minimum atomic E-state index is -3.33. The number of sulfone groups is 1. The molecule has 1 atom stereocenters. The SMILES string of the molecule is Cc1ccc(CS(=O)(=O)NCCCC2CCS(=O)(=O)C2)cc1. The van der Waals surface area contributed by atoms with Gasteiger partial charge in [0.25, 0.3) is 0 Å². The second-order valence-corrected chi connectivity index (χ2v) is 10.1. The second-order valence-electron chi connectivity index (χ2n) is 6.05. The summed E-state index contributed by atoms with van der Waals surface area (Å²) in [6, 6.07) is 7.42. The van der Waals surface area contributed by atoms with Gasteiger partial charge in [0, 0.05) is 6.54 Å². The highest BCUT2D eigenvalue weighted by atomic mass is 32.2. The van der Waals surface area contributed by atoms with Crippen molar-refractivity contribution in [2.24, 2.45) is 5.92 Å². The maximum absolute atomic E-state index is 12.0. The lowest BCUT2D eigenvalue weighted by atomic mass is 10.0. The van der Waals surface area contributed by atoms with Crippen LogP contribution in [0, 0.1) is 12.8 Å². The summed E-state index contributed by atoms with van der Waals surface area (Å²) in [6.45, 7) is 2.32. The molecule has 0 amide bonds. The molecular weight excluding hydrogens is 322 g/mol. The fraction of sp³-hybridized carbons (Fsp3) is 0.600. The smallest absolute Gasteiger partial charge is 0.215 e. The zero-order chi connectivity index (χ0) is 16.2. The van der Waals surface area contributed by atoms with E-state index >= 15 is 0 Å². The molecule has 1 heterocycles. The molecule has 1 aromatic rings. The third-order valence-corrected chi connectivity index (χ3v) is 7.11. The minimum absolute atomic E-state index is 0.0227. The van der Waals surface area contributed by atoms with Gasteiger partial charge in [0.1, 0.15) is 0 Å². The van der Waals surface area contributed by atoms with Crippen molar-refractivity contribution >= 4 is 19.9 Å². The first-order chi connectivity index (χ1) is 10.3. The number of benzene rings is 1. The number of aryl methyl sites for hydroxylation is 1. The summed E-state index contributed by atoms with van der Waals surface area (Å²) in [5.74, 6) is 0.692. The molecule has 1 unspecified atom stereocenters. The Kier molecular flexibility index (Phi) is 5.63. The molecule has 1 saturated heterocycles. The number of rotatable bonds is 7. The van der Waals surface area contributed by atoms with E-state index in [9.17, 15) is 16.8 Å². The predicted octanol–water partition coefficient (Wildman–Crippen LogP) is 1.63. The van der Waals surface area contributed by atoms with E-state index in [2.05, 4.69) is 4.72 Å². The summed E-state index contributed by atoms with van der Waals surface area (Å²) in [4.78, 5) is 0. The van der Waals surface area contributed by atoms with Gasteiger partial charge in [-0.15, -0.1) is 0 Å². The van der Waals surface area contributed by atoms with Crippen LogP contribution in [0.25, 0.3) is 0 Å². The zero-order valence-electron chi connectivity index (χ0n) is 12.8. The third kappa shape index (κ3) is 5.70. The summed E-state index contributed by atoms with van der Waals surface area (Å²) in [7, 11) is -6.18. The van der Waals surface area contributed by atoms with Crippen molar-refractivity contribution in [2.45, 2.75) is 31.9 Å². The molecule has 1 aliphatic rings. The lowest BCUT2D eigenvalue weighted by molar-refractivity contribution is 0.512. The molecule has 1 aliphatic heterocycles. The molecule has 22 heavy (non-hydrogen) atoms. The highest BCUT2D eigenvalue weighted by Crippen LogP contribution is 2.22. The van der Waals surface area contributed by atoms with Crippen molar-refractivity contribution in [2.75, 3.05) is 18.1 Å². The largest absolute Gasteiger partial charge is 0.229 e. The van der Waals surface area contributed by atoms with E-state index in [4.69, 9.17) is 0 Å². The van der Waals surface area contributed by atoms with Gasteiger partial charge in [0.05, 0.1) is 17.3 Å². The van der Waals surface area contributed by atoms with Crippen molar-refractivity contribution in [3.8, 4) is 0 Å². The lowest BCUT2D eigenvalue weighted by Crippen LogP contribution is -2.26. The Labute approximate surface area is 133 Å². The normalized spacial score (nSPS) is 21.0. The maximum Gasteiger partial charge on any atom is 0.215 e. The Morgan fingerprint density at radius 2 is 1.91 bits per heavy atom. The van der Waals surface area contributed by atoms with Crippen LogP contribution in [0.5, 0.6) is 0 Å². The molecule has 5 nitrogen and oxygen atoms in total. The van der Waals surface area contributed by atoms with Gasteiger partial charge in [-0.25, -0.2) is 21.6 Å². The number of hydrogen-bond acceptors (Lipinski definition) is 4. The monoisotopic (exact) mass is 345 g/mol. The van der Waals surface area contributed by atoms with E-state index in [1.807, 2.05) is 31.2 Å². The van der Waals surface area contributed by atoms with Crippen molar-refractivity contribution in [1.82, 2.24) is 4.72 Å². The molecule has 0 saturated carbocycles. The molecule has 0 spiro atoms. The van der Waals surface area contributed by atoms with Gasteiger partial charge in [0.2, 0.25) is 10.0 Å². The Hall–Kier alpha value is -0.920. The van der Waals surface area contributed by atoms with Crippen LogP contribution in [0.2, 0.25) is 0 Å². The van der Waals surface area contributed by atoms with Crippen LogP contribution in [0.15, 0.2) is 24.3 Å². The lowest BCUT2D eigenvalue weighted by Gasteiger charge is -2.09. The van der Waals surface area contributed by atoms with E-state index < -0.39 is 19.9 Å². The van der Waals surface area contributed by atoms with E-state index in [1.165, 1.54) is 0 Å². The Morgan fingerprint density at radius 3 is 2.50 bits per heavy atom. The van der Waals surface area contributed by atoms with Crippen molar-refractivity contribution in [3.05, 3.63) is 35.4 Å². The Morgan fingerprint density at radius 1 is 1.23 bits per heavy atom. The van der Waals surface area contributed by atoms with Gasteiger partial charge in [-0.2, -0.15) is 0 Å². The molecule has 1 fully saturated rings. The highest BCUT2D eigenvalue weighted by Gasteiger charge is 2.27. The standard InChI is InChI=1S/C15H23NO4S2/c1-13-4-6-15(7-5-13)12-22(19,20)16-9-2-3-14-8-10-21(17,18)11-14/h4-7,14,16H,2-3,8-12H2,1H3. The fourth-order valence-corrected chi connectivity index (χ4v) is 5.77. The van der Waals surface area contributed by atoms with Crippen LogP contribution in [0.4, 0.5) is 0 Å². The summed E-state index contributed by atoms with van der Waals surface area (Å²) in [6.07, 6.45) is 2.14. The molecule has 0 bridgehead atoms. The average Bonchev–Trinajstić information content (AvgIpc) is 2.77. The first-order valence-corrected chi connectivity index (χ1v) is 11.0. The van der Waals surface area contributed by atoms with Crippen molar-refractivity contribution in [3.63, 3.8) is 0 Å². The van der Waals surface area contributed by atoms with Crippen molar-refractivity contribution in [1.29, 1.82) is 0 Å². The molecule has 2 rings (SSSR count). The Bertz CT molecular complexity index is 694. The zero-order valence-corrected chi connectivity index (χ0v) is 14.4. The van der Waals surface area contributed by atoms with Crippen LogP contribution in [-0.4, -0.2) is 34.9 Å². The summed E-state index contributed by atoms with van der Waals surface area (Å²) in [5, 5.41) is 0. The van der Waals surface area contributed by atoms with Gasteiger partial charge in [0.15, 0.2) is 9.84 Å². The maximum atomic E-state index is 12.0. The molecule has 7 heteroatoms. The summed E-state index contributed by atoms with van der Waals surface area (Å²) in [5.41, 5.74) is 1.86. The minimum Gasteiger partial charge on any atom is -0.229 e. The van der Waals surface area contributed by atoms with E-state index in [-0.39, 0.29) is 23.2 Å². The van der Waals surface area contributed by atoms with Crippen LogP contribution in [0.1, 0.15) is 30.4 Å². The third-order valence-electron chi connectivity index (χ3n) is 3.92. The number of hydrogen-bond donors (Lipinski definition) is 1. The molecule has 0 radical (unpaired) electrons. The van der Waals surface area contributed by atoms with Crippen LogP contribution < -0.4 is 4.72 Å². The van der Waals surface area contributed by atoms with Gasteiger partial charge in [-0.1, -0.05) is 29.8 Å². The first-order valence-electron chi connectivity index (χ1n) is 7.49. The molecule has 0 aromatic heterocycles. The van der Waals surface area contributed by atoms with Gasteiger partial charge >= 0.3 is 0 Å². The highest BCUT2D eigenvalue weighted by molar-refractivity contribution is 7.91. The Balaban J connectivity index is 1.72. The van der Waals surface area contributed by atoms with E-state index in [0.717, 1.165) is 17.5 Å². The van der Waals surface area contributed by atoms with E-state index in [0.29, 0.717) is 19.4 Å². The summed E-state index contributed by atoms with van der Waals surface area (Å²) < 4.78 is 49.2. The molecule has 124 valence electrons. The van der Waals surface area contributed by atoms with Gasteiger partial charge in [-0.3, -0.25) is 0 Å². The van der Waals surface area contributed by atoms with Crippen LogP contribution >= 0.6 is 0 Å². The van der Waals surface area contributed by atoms with Gasteiger partial charge < -0.3 is 0 Å². The average molecular weight is 345 g/mol. The quantitative estimate of drug-likeness (QED) is 0.762. The molecule has 1 N–H and O–H groups in total. The number of nitrogens with one attached hydrogen (secondary N) is 1. The number of sulfonamides is 1. The molecular formula is C15H23NO4S2.